The zero-order valence-electron chi connectivity index (χ0n) is 13.0. The molecule has 1 saturated heterocycles. The first-order chi connectivity index (χ1) is 10.1. The molecule has 3 nitrogen and oxygen atoms in total. The lowest BCUT2D eigenvalue weighted by molar-refractivity contribution is 0.0156. The summed E-state index contributed by atoms with van der Waals surface area (Å²) in [6, 6.07) is 7.02. The van der Waals surface area contributed by atoms with Crippen molar-refractivity contribution in [2.24, 2.45) is 5.92 Å². The van der Waals surface area contributed by atoms with Gasteiger partial charge in [0.25, 0.3) is 0 Å². The lowest BCUT2D eigenvalue weighted by Gasteiger charge is -2.21. The van der Waals surface area contributed by atoms with E-state index < -0.39 is 0 Å². The predicted molar refractivity (Wildman–Crippen MR) is 89.3 cm³/mol. The van der Waals surface area contributed by atoms with Crippen LogP contribution in [0.4, 0.5) is 0 Å². The minimum atomic E-state index is 0.506. The molecule has 0 saturated carbocycles. The van der Waals surface area contributed by atoms with Crippen LogP contribution in [0.15, 0.2) is 22.7 Å². The van der Waals surface area contributed by atoms with Crippen molar-refractivity contribution in [1.82, 2.24) is 5.32 Å². The Kier molecular flexibility index (Phi) is 7.17. The van der Waals surface area contributed by atoms with Gasteiger partial charge in [0.05, 0.1) is 13.2 Å². The summed E-state index contributed by atoms with van der Waals surface area (Å²) in [6.45, 7) is 8.51. The van der Waals surface area contributed by atoms with Crippen LogP contribution in [0.2, 0.25) is 0 Å². The maximum Gasteiger partial charge on any atom is 0.0727 e. The van der Waals surface area contributed by atoms with E-state index in [4.69, 9.17) is 9.47 Å². The maximum absolute atomic E-state index is 5.88. The van der Waals surface area contributed by atoms with Crippen molar-refractivity contribution in [3.05, 3.63) is 33.8 Å². The third kappa shape index (κ3) is 6.07. The fourth-order valence-corrected chi connectivity index (χ4v) is 2.93. The number of nitrogens with one attached hydrogen (secondary N) is 1. The van der Waals surface area contributed by atoms with Gasteiger partial charge >= 0.3 is 0 Å². The molecule has 2 rings (SSSR count). The first kappa shape index (κ1) is 16.9. The Morgan fingerprint density at radius 2 is 2.10 bits per heavy atom. The summed E-state index contributed by atoms with van der Waals surface area (Å²) in [5, 5.41) is 3.43. The van der Waals surface area contributed by atoms with Crippen molar-refractivity contribution in [1.29, 1.82) is 0 Å². The summed E-state index contributed by atoms with van der Waals surface area (Å²) in [7, 11) is 0. The van der Waals surface area contributed by atoms with E-state index in [9.17, 15) is 0 Å². The molecule has 0 aromatic heterocycles. The van der Waals surface area contributed by atoms with E-state index in [0.29, 0.717) is 18.6 Å². The molecule has 0 radical (unpaired) electrons. The quantitative estimate of drug-likeness (QED) is 0.804. The average molecular weight is 356 g/mol. The zero-order valence-corrected chi connectivity index (χ0v) is 14.6. The lowest BCUT2D eigenvalue weighted by Crippen LogP contribution is -2.21. The summed E-state index contributed by atoms with van der Waals surface area (Å²) in [4.78, 5) is 0. The lowest BCUT2D eigenvalue weighted by atomic mass is 10.0. The molecule has 1 N–H and O–H groups in total. The average Bonchev–Trinajstić information content (AvgIpc) is 2.48. The molecule has 1 fully saturated rings. The second-order valence-corrected chi connectivity index (χ2v) is 6.89. The van der Waals surface area contributed by atoms with Gasteiger partial charge in [0.2, 0.25) is 0 Å². The summed E-state index contributed by atoms with van der Waals surface area (Å²) in [5.74, 6) is 0.659. The topological polar surface area (TPSA) is 30.5 Å². The van der Waals surface area contributed by atoms with Crippen LogP contribution in [-0.4, -0.2) is 25.9 Å². The normalized spacial score (nSPS) is 16.6. The molecule has 0 bridgehead atoms. The third-order valence-electron chi connectivity index (χ3n) is 3.78. The van der Waals surface area contributed by atoms with E-state index in [1.807, 2.05) is 0 Å². The molecule has 0 unspecified atom stereocenters. The van der Waals surface area contributed by atoms with E-state index >= 15 is 0 Å². The molecule has 0 atom stereocenters. The maximum atomic E-state index is 5.88. The molecule has 1 aromatic rings. The number of rotatable bonds is 7. The Hall–Kier alpha value is -0.420. The van der Waals surface area contributed by atoms with Crippen LogP contribution in [0.3, 0.4) is 0 Å². The number of hydrogen-bond donors (Lipinski definition) is 1. The van der Waals surface area contributed by atoms with Gasteiger partial charge in [-0.05, 0) is 36.0 Å². The highest BCUT2D eigenvalue weighted by atomic mass is 79.9. The van der Waals surface area contributed by atoms with Crippen LogP contribution in [-0.2, 0) is 22.6 Å². The monoisotopic (exact) mass is 355 g/mol. The smallest absolute Gasteiger partial charge is 0.0727 e. The van der Waals surface area contributed by atoms with Gasteiger partial charge in [0.15, 0.2) is 0 Å². The first-order valence-electron chi connectivity index (χ1n) is 7.81. The highest BCUT2D eigenvalue weighted by Gasteiger charge is 2.14. The van der Waals surface area contributed by atoms with Crippen molar-refractivity contribution < 1.29 is 9.47 Å². The summed E-state index contributed by atoms with van der Waals surface area (Å²) in [5.41, 5.74) is 2.51. The Labute approximate surface area is 136 Å². The molecule has 1 aliphatic heterocycles. The molecule has 4 heteroatoms. The fourth-order valence-electron chi connectivity index (χ4n) is 2.39. The number of hydrogen-bond acceptors (Lipinski definition) is 3. The molecule has 0 aliphatic carbocycles. The van der Waals surface area contributed by atoms with Gasteiger partial charge in [-0.2, -0.15) is 0 Å². The van der Waals surface area contributed by atoms with Gasteiger partial charge in [0, 0.05) is 30.3 Å². The van der Waals surface area contributed by atoms with E-state index in [1.165, 1.54) is 11.1 Å². The van der Waals surface area contributed by atoms with Crippen molar-refractivity contribution in [2.45, 2.75) is 45.9 Å². The van der Waals surface area contributed by atoms with E-state index in [2.05, 4.69) is 53.3 Å². The van der Waals surface area contributed by atoms with E-state index in [-0.39, 0.29) is 0 Å². The highest BCUT2D eigenvalue weighted by Crippen LogP contribution is 2.21. The number of halogens is 1. The Bertz CT molecular complexity index is 431. The van der Waals surface area contributed by atoms with Crippen LogP contribution >= 0.6 is 15.9 Å². The molecule has 118 valence electrons. The van der Waals surface area contributed by atoms with Gasteiger partial charge in [-0.1, -0.05) is 41.9 Å². The minimum Gasteiger partial charge on any atom is -0.381 e. The van der Waals surface area contributed by atoms with Gasteiger partial charge in [-0.15, -0.1) is 0 Å². The van der Waals surface area contributed by atoms with Crippen molar-refractivity contribution >= 4 is 15.9 Å². The Morgan fingerprint density at radius 3 is 2.76 bits per heavy atom. The second kappa shape index (κ2) is 8.89. The minimum absolute atomic E-state index is 0.506. The molecular weight excluding hydrogens is 330 g/mol. The highest BCUT2D eigenvalue weighted by molar-refractivity contribution is 9.10. The standard InChI is InChI=1S/C17H26BrNO2/c1-13(2)19-10-15-3-4-16(17(18)9-15)12-21-11-14-5-7-20-8-6-14/h3-4,9,13-14,19H,5-8,10-12H2,1-2H3. The number of benzene rings is 1. The third-order valence-corrected chi connectivity index (χ3v) is 4.52. The molecule has 0 spiro atoms. The SMILES string of the molecule is CC(C)NCc1ccc(COCC2CCOCC2)c(Br)c1. The summed E-state index contributed by atoms with van der Waals surface area (Å²) >= 11 is 3.65. The predicted octanol–water partition coefficient (Wildman–Crippen LogP) is 3.89. The van der Waals surface area contributed by atoms with Gasteiger partial charge in [0.1, 0.15) is 0 Å². The van der Waals surface area contributed by atoms with Crippen LogP contribution < -0.4 is 5.32 Å². The first-order valence-corrected chi connectivity index (χ1v) is 8.60. The molecule has 21 heavy (non-hydrogen) atoms. The molecular formula is C17H26BrNO2. The van der Waals surface area contributed by atoms with Crippen LogP contribution in [0.25, 0.3) is 0 Å². The van der Waals surface area contributed by atoms with Crippen molar-refractivity contribution in [2.75, 3.05) is 19.8 Å². The van der Waals surface area contributed by atoms with Gasteiger partial charge in [-0.3, -0.25) is 0 Å². The zero-order chi connectivity index (χ0) is 15.1. The second-order valence-electron chi connectivity index (χ2n) is 6.03. The van der Waals surface area contributed by atoms with Crippen molar-refractivity contribution in [3.63, 3.8) is 0 Å². The summed E-state index contributed by atoms with van der Waals surface area (Å²) < 4.78 is 12.4. The van der Waals surface area contributed by atoms with Crippen LogP contribution in [0.5, 0.6) is 0 Å². The fraction of sp³-hybridized carbons (Fsp3) is 0.647. The van der Waals surface area contributed by atoms with Crippen molar-refractivity contribution in [3.8, 4) is 0 Å². The van der Waals surface area contributed by atoms with Crippen LogP contribution in [0, 0.1) is 5.92 Å². The van der Waals surface area contributed by atoms with E-state index in [1.54, 1.807) is 0 Å². The molecule has 0 amide bonds. The molecule has 1 aromatic carbocycles. The largest absolute Gasteiger partial charge is 0.381 e. The van der Waals surface area contributed by atoms with Crippen LogP contribution in [0.1, 0.15) is 37.8 Å². The van der Waals surface area contributed by atoms with Gasteiger partial charge < -0.3 is 14.8 Å². The molecule has 1 aliphatic rings. The Balaban J connectivity index is 1.77. The number of ether oxygens (including phenoxy) is 2. The van der Waals surface area contributed by atoms with E-state index in [0.717, 1.165) is 43.7 Å². The van der Waals surface area contributed by atoms with Gasteiger partial charge in [-0.25, -0.2) is 0 Å². The Morgan fingerprint density at radius 1 is 1.33 bits per heavy atom. The molecule has 1 heterocycles. The summed E-state index contributed by atoms with van der Waals surface area (Å²) in [6.07, 6.45) is 2.25.